The molecule has 32 heavy (non-hydrogen) atoms. The van der Waals surface area contributed by atoms with Gasteiger partial charge in [-0.15, -0.1) is 0 Å². The molecule has 0 saturated carbocycles. The lowest BCUT2D eigenvalue weighted by atomic mass is 10.0. The molecule has 0 spiro atoms. The van der Waals surface area contributed by atoms with Crippen molar-refractivity contribution in [3.05, 3.63) is 96.6 Å². The topological polar surface area (TPSA) is 80.3 Å². The van der Waals surface area contributed by atoms with Crippen molar-refractivity contribution in [2.24, 2.45) is 0 Å². The van der Waals surface area contributed by atoms with Gasteiger partial charge in [0.25, 0.3) is 11.8 Å². The van der Waals surface area contributed by atoms with Gasteiger partial charge in [-0.2, -0.15) is 0 Å². The van der Waals surface area contributed by atoms with Crippen LogP contribution in [0.15, 0.2) is 91.0 Å². The number of benzene rings is 3. The number of aromatic nitrogens is 1. The number of amides is 2. The summed E-state index contributed by atoms with van der Waals surface area (Å²) in [6, 6.07) is 28.3. The third-order valence-corrected chi connectivity index (χ3v) is 4.88. The molecular formula is C26H23N3O3. The number of fused-ring (bicyclic) bond motifs is 1. The lowest BCUT2D eigenvalue weighted by Gasteiger charge is -2.11. The monoisotopic (exact) mass is 425 g/mol. The van der Waals surface area contributed by atoms with Crippen molar-refractivity contribution in [1.29, 1.82) is 0 Å². The Bertz CT molecular complexity index is 1210. The zero-order valence-corrected chi connectivity index (χ0v) is 17.5. The fourth-order valence-electron chi connectivity index (χ4n) is 3.31. The van der Waals surface area contributed by atoms with E-state index in [1.165, 1.54) is 0 Å². The molecule has 0 saturated heterocycles. The number of hydrogen-bond acceptors (Lipinski definition) is 4. The Morgan fingerprint density at radius 3 is 2.22 bits per heavy atom. The molecule has 160 valence electrons. The van der Waals surface area contributed by atoms with Crippen molar-refractivity contribution in [2.75, 3.05) is 19.7 Å². The van der Waals surface area contributed by atoms with Crippen LogP contribution >= 0.6 is 0 Å². The summed E-state index contributed by atoms with van der Waals surface area (Å²) in [7, 11) is 0. The van der Waals surface area contributed by atoms with Crippen molar-refractivity contribution in [3.63, 3.8) is 0 Å². The van der Waals surface area contributed by atoms with Gasteiger partial charge in [0.15, 0.2) is 6.61 Å². The number of hydrogen-bond donors (Lipinski definition) is 2. The van der Waals surface area contributed by atoms with Crippen LogP contribution in [0.2, 0.25) is 0 Å². The SMILES string of the molecule is O=C(COc1ccccc1)NCCNC(=O)c1cc(-c2ccccc2)nc2ccccc12. The first-order valence-electron chi connectivity index (χ1n) is 10.4. The van der Waals surface area contributed by atoms with E-state index in [0.29, 0.717) is 24.4 Å². The first-order valence-corrected chi connectivity index (χ1v) is 10.4. The normalized spacial score (nSPS) is 10.5. The molecule has 0 bridgehead atoms. The van der Waals surface area contributed by atoms with Crippen molar-refractivity contribution >= 4 is 22.7 Å². The van der Waals surface area contributed by atoms with Crippen LogP contribution < -0.4 is 15.4 Å². The molecule has 0 unspecified atom stereocenters. The van der Waals surface area contributed by atoms with Crippen LogP contribution in [-0.4, -0.2) is 36.5 Å². The van der Waals surface area contributed by atoms with Gasteiger partial charge in [-0.05, 0) is 24.3 Å². The summed E-state index contributed by atoms with van der Waals surface area (Å²) in [6.07, 6.45) is 0. The van der Waals surface area contributed by atoms with Crippen molar-refractivity contribution in [1.82, 2.24) is 15.6 Å². The standard InChI is InChI=1S/C26H23N3O3/c30-25(18-32-20-11-5-2-6-12-20)27-15-16-28-26(31)22-17-24(19-9-3-1-4-10-19)29-23-14-8-7-13-21(22)23/h1-14,17H,15-16,18H2,(H,27,30)(H,28,31). The molecule has 0 aliphatic carbocycles. The van der Waals surface area contributed by atoms with Crippen molar-refractivity contribution < 1.29 is 14.3 Å². The maximum Gasteiger partial charge on any atom is 0.258 e. The third-order valence-electron chi connectivity index (χ3n) is 4.88. The van der Waals surface area contributed by atoms with Crippen LogP contribution in [0.5, 0.6) is 5.75 Å². The molecule has 0 fully saturated rings. The lowest BCUT2D eigenvalue weighted by Crippen LogP contribution is -2.36. The quantitative estimate of drug-likeness (QED) is 0.421. The van der Waals surface area contributed by atoms with Crippen LogP contribution in [0.4, 0.5) is 0 Å². The van der Waals surface area contributed by atoms with Crippen LogP contribution in [0.1, 0.15) is 10.4 Å². The Morgan fingerprint density at radius 2 is 1.44 bits per heavy atom. The second kappa shape index (κ2) is 10.2. The molecule has 1 aromatic heterocycles. The Balaban J connectivity index is 1.37. The zero-order valence-electron chi connectivity index (χ0n) is 17.5. The molecule has 1 heterocycles. The molecule has 0 aliphatic rings. The molecule has 0 radical (unpaired) electrons. The molecular weight excluding hydrogens is 402 g/mol. The number of para-hydroxylation sites is 2. The fourth-order valence-corrected chi connectivity index (χ4v) is 3.31. The summed E-state index contributed by atoms with van der Waals surface area (Å²) in [5.74, 6) is 0.175. The second-order valence-electron chi connectivity index (χ2n) is 7.15. The van der Waals surface area contributed by atoms with Gasteiger partial charge in [-0.25, -0.2) is 4.98 Å². The molecule has 4 aromatic rings. The maximum absolute atomic E-state index is 12.9. The number of ether oxygens (including phenoxy) is 1. The minimum Gasteiger partial charge on any atom is -0.484 e. The Hall–Kier alpha value is -4.19. The van der Waals surface area contributed by atoms with E-state index >= 15 is 0 Å². The van der Waals surface area contributed by atoms with Crippen LogP contribution in [-0.2, 0) is 4.79 Å². The first kappa shape index (κ1) is 21.1. The molecule has 0 aliphatic heterocycles. The van der Waals surface area contributed by atoms with E-state index in [2.05, 4.69) is 10.6 Å². The van der Waals surface area contributed by atoms with Crippen LogP contribution in [0, 0.1) is 0 Å². The summed E-state index contributed by atoms with van der Waals surface area (Å²) < 4.78 is 5.41. The average molecular weight is 425 g/mol. The molecule has 2 amide bonds. The first-order chi connectivity index (χ1) is 15.7. The highest BCUT2D eigenvalue weighted by molar-refractivity contribution is 6.07. The molecule has 4 rings (SSSR count). The van der Waals surface area contributed by atoms with Gasteiger partial charge >= 0.3 is 0 Å². The summed E-state index contributed by atoms with van der Waals surface area (Å²) in [4.78, 5) is 29.6. The molecule has 3 aromatic carbocycles. The van der Waals surface area contributed by atoms with Gasteiger partial charge in [0.2, 0.25) is 0 Å². The summed E-state index contributed by atoms with van der Waals surface area (Å²) >= 11 is 0. The summed E-state index contributed by atoms with van der Waals surface area (Å²) in [5, 5.41) is 6.40. The number of pyridine rings is 1. The predicted octanol–water partition coefficient (Wildman–Crippen LogP) is 3.83. The van der Waals surface area contributed by atoms with Crippen LogP contribution in [0.25, 0.3) is 22.2 Å². The summed E-state index contributed by atoms with van der Waals surface area (Å²) in [5.41, 5.74) is 2.98. The van der Waals surface area contributed by atoms with Gasteiger partial charge in [-0.3, -0.25) is 9.59 Å². The van der Waals surface area contributed by atoms with E-state index in [1.54, 1.807) is 18.2 Å². The fraction of sp³-hybridized carbons (Fsp3) is 0.115. The van der Waals surface area contributed by atoms with Crippen molar-refractivity contribution in [2.45, 2.75) is 0 Å². The molecule has 2 N–H and O–H groups in total. The van der Waals surface area contributed by atoms with E-state index in [1.807, 2.05) is 72.8 Å². The number of nitrogens with one attached hydrogen (secondary N) is 2. The predicted molar refractivity (Wildman–Crippen MR) is 124 cm³/mol. The van der Waals surface area contributed by atoms with E-state index in [-0.39, 0.29) is 18.4 Å². The average Bonchev–Trinajstić information content (AvgIpc) is 2.85. The van der Waals surface area contributed by atoms with Gasteiger partial charge in [0.05, 0.1) is 16.8 Å². The molecule has 6 heteroatoms. The number of rotatable bonds is 8. The van der Waals surface area contributed by atoms with Gasteiger partial charge in [0, 0.05) is 24.0 Å². The zero-order chi connectivity index (χ0) is 22.2. The smallest absolute Gasteiger partial charge is 0.258 e. The van der Waals surface area contributed by atoms with E-state index in [4.69, 9.17) is 9.72 Å². The Kier molecular flexibility index (Phi) is 6.72. The highest BCUT2D eigenvalue weighted by atomic mass is 16.5. The number of carbonyl (C=O) groups excluding carboxylic acids is 2. The van der Waals surface area contributed by atoms with Gasteiger partial charge in [0.1, 0.15) is 5.75 Å². The van der Waals surface area contributed by atoms with E-state index < -0.39 is 0 Å². The highest BCUT2D eigenvalue weighted by Gasteiger charge is 2.13. The molecule has 6 nitrogen and oxygen atoms in total. The minimum atomic E-state index is -0.246. The van der Waals surface area contributed by atoms with Gasteiger partial charge in [-0.1, -0.05) is 66.7 Å². The second-order valence-corrected chi connectivity index (χ2v) is 7.15. The minimum absolute atomic E-state index is 0.0760. The number of carbonyl (C=O) groups is 2. The number of nitrogens with zero attached hydrogens (tertiary/aromatic N) is 1. The van der Waals surface area contributed by atoms with Crippen molar-refractivity contribution in [3.8, 4) is 17.0 Å². The maximum atomic E-state index is 12.9. The van der Waals surface area contributed by atoms with Gasteiger partial charge < -0.3 is 15.4 Å². The van der Waals surface area contributed by atoms with E-state index in [0.717, 1.165) is 22.2 Å². The Morgan fingerprint density at radius 1 is 0.781 bits per heavy atom. The van der Waals surface area contributed by atoms with E-state index in [9.17, 15) is 9.59 Å². The Labute approximate surface area is 186 Å². The third kappa shape index (κ3) is 5.29. The highest BCUT2D eigenvalue weighted by Crippen LogP contribution is 2.24. The largest absolute Gasteiger partial charge is 0.484 e. The summed E-state index contributed by atoms with van der Waals surface area (Å²) in [6.45, 7) is 0.526. The van der Waals surface area contributed by atoms with Crippen LogP contribution in [0.3, 0.4) is 0 Å². The lowest BCUT2D eigenvalue weighted by molar-refractivity contribution is -0.123. The molecule has 0 atom stereocenters.